The number of aryl methyl sites for hydroxylation is 1. The lowest BCUT2D eigenvalue weighted by atomic mass is 9.76. The molecule has 2 aromatic rings. The van der Waals surface area contributed by atoms with Crippen LogP contribution in [0.1, 0.15) is 43.5 Å². The Morgan fingerprint density at radius 3 is 2.89 bits per heavy atom. The summed E-state index contributed by atoms with van der Waals surface area (Å²) in [4.78, 5) is 45.0. The number of rotatable bonds is 4. The Morgan fingerprint density at radius 2 is 2.14 bits per heavy atom. The molecule has 4 amide bonds. The third-order valence-electron chi connectivity index (χ3n) is 5.44. The second-order valence-electron chi connectivity index (χ2n) is 7.12. The summed E-state index contributed by atoms with van der Waals surface area (Å²) in [5.74, 6) is -0.311. The average molecular weight is 398 g/mol. The molecule has 28 heavy (non-hydrogen) atoms. The number of hydrogen-bond acceptors (Lipinski definition) is 5. The highest BCUT2D eigenvalue weighted by molar-refractivity contribution is 7.14. The van der Waals surface area contributed by atoms with E-state index in [0.717, 1.165) is 24.0 Å². The topological polar surface area (TPSA) is 82.6 Å². The van der Waals surface area contributed by atoms with Crippen molar-refractivity contribution in [1.82, 2.24) is 15.2 Å². The number of anilines is 1. The first kappa shape index (κ1) is 18.6. The molecule has 1 unspecified atom stereocenters. The van der Waals surface area contributed by atoms with Crippen LogP contribution in [0.4, 0.5) is 9.93 Å². The number of nitrogens with zero attached hydrogens (tertiary/aromatic N) is 3. The number of fused-ring (bicyclic) bond motifs is 2. The molecule has 1 aromatic heterocycles. The van der Waals surface area contributed by atoms with Gasteiger partial charge in [-0.2, -0.15) is 0 Å². The van der Waals surface area contributed by atoms with Gasteiger partial charge in [0.1, 0.15) is 5.54 Å². The van der Waals surface area contributed by atoms with Crippen LogP contribution in [0.25, 0.3) is 0 Å². The van der Waals surface area contributed by atoms with Gasteiger partial charge in [-0.25, -0.2) is 9.78 Å². The second kappa shape index (κ2) is 7.01. The molecule has 4 rings (SSSR count). The third kappa shape index (κ3) is 2.88. The maximum Gasteiger partial charge on any atom is 0.325 e. The fourth-order valence-corrected chi connectivity index (χ4v) is 5.03. The normalized spacial score (nSPS) is 21.0. The summed E-state index contributed by atoms with van der Waals surface area (Å²) in [5.41, 5.74) is 1.64. The van der Waals surface area contributed by atoms with Gasteiger partial charge in [-0.3, -0.25) is 19.4 Å². The number of carbonyl (C=O) groups excluding carboxylic acids is 3. The van der Waals surface area contributed by atoms with Crippen LogP contribution in [0.15, 0.2) is 29.6 Å². The van der Waals surface area contributed by atoms with Crippen molar-refractivity contribution in [3.8, 4) is 0 Å². The molecular formula is C20H22N4O3S. The molecule has 0 saturated carbocycles. The molecule has 0 bridgehead atoms. The number of urea groups is 1. The molecule has 0 radical (unpaired) electrons. The Balaban J connectivity index is 1.60. The standard InChI is InChI=1S/C20H22N4O3S/c1-3-23(13(2)25)19-21-15(12-28-19)11-24-17(26)20(22-18(24)27)10-6-8-14-7-4-5-9-16(14)20/h4-5,7,9,12H,3,6,8,10-11H2,1-2H3,(H,22,27). The predicted molar refractivity (Wildman–Crippen MR) is 106 cm³/mol. The molecule has 2 heterocycles. The van der Waals surface area contributed by atoms with E-state index in [-0.39, 0.29) is 18.4 Å². The fraction of sp³-hybridized carbons (Fsp3) is 0.400. The molecule has 1 atom stereocenters. The number of aromatic nitrogens is 1. The Bertz CT molecular complexity index is 956. The number of benzene rings is 1. The van der Waals surface area contributed by atoms with Crippen LogP contribution in [0.2, 0.25) is 0 Å². The van der Waals surface area contributed by atoms with Crippen LogP contribution < -0.4 is 10.2 Å². The summed E-state index contributed by atoms with van der Waals surface area (Å²) >= 11 is 1.34. The van der Waals surface area contributed by atoms with Crippen molar-refractivity contribution in [3.63, 3.8) is 0 Å². The van der Waals surface area contributed by atoms with E-state index in [0.29, 0.717) is 23.8 Å². The van der Waals surface area contributed by atoms with Gasteiger partial charge >= 0.3 is 6.03 Å². The van der Waals surface area contributed by atoms with Crippen LogP contribution in [-0.2, 0) is 28.1 Å². The minimum Gasteiger partial charge on any atom is -0.319 e. The number of imide groups is 1. The zero-order valence-corrected chi connectivity index (χ0v) is 16.7. The Kier molecular flexibility index (Phi) is 4.66. The Labute approximate surface area is 167 Å². The van der Waals surface area contributed by atoms with E-state index in [2.05, 4.69) is 10.3 Å². The highest BCUT2D eigenvalue weighted by Crippen LogP contribution is 2.40. The van der Waals surface area contributed by atoms with E-state index in [1.807, 2.05) is 31.2 Å². The van der Waals surface area contributed by atoms with Gasteiger partial charge in [0.2, 0.25) is 5.91 Å². The highest BCUT2D eigenvalue weighted by atomic mass is 32.1. The monoisotopic (exact) mass is 398 g/mol. The number of carbonyl (C=O) groups is 3. The van der Waals surface area contributed by atoms with E-state index < -0.39 is 11.6 Å². The number of nitrogens with one attached hydrogen (secondary N) is 1. The first-order valence-corrected chi connectivity index (χ1v) is 10.3. The third-order valence-corrected chi connectivity index (χ3v) is 6.35. The van der Waals surface area contributed by atoms with Crippen molar-refractivity contribution in [2.75, 3.05) is 11.4 Å². The molecule has 1 fully saturated rings. The van der Waals surface area contributed by atoms with Crippen LogP contribution in [-0.4, -0.2) is 34.3 Å². The number of thiazole rings is 1. The van der Waals surface area contributed by atoms with E-state index in [9.17, 15) is 14.4 Å². The summed E-state index contributed by atoms with van der Waals surface area (Å²) in [7, 11) is 0. The van der Waals surface area contributed by atoms with E-state index >= 15 is 0 Å². The lowest BCUT2D eigenvalue weighted by molar-refractivity contribution is -0.132. The summed E-state index contributed by atoms with van der Waals surface area (Å²) < 4.78 is 0. The molecule has 1 spiro atoms. The fourth-order valence-electron chi connectivity index (χ4n) is 4.10. The van der Waals surface area contributed by atoms with Gasteiger partial charge in [0.15, 0.2) is 5.13 Å². The average Bonchev–Trinajstić information content (AvgIpc) is 3.22. The molecule has 1 aliphatic heterocycles. The summed E-state index contributed by atoms with van der Waals surface area (Å²) in [6.45, 7) is 3.99. The van der Waals surface area contributed by atoms with Crippen molar-refractivity contribution >= 4 is 34.3 Å². The Hall–Kier alpha value is -2.74. The summed E-state index contributed by atoms with van der Waals surface area (Å²) in [6, 6.07) is 7.43. The minimum atomic E-state index is -0.973. The maximum atomic E-state index is 13.3. The quantitative estimate of drug-likeness (QED) is 0.803. The van der Waals surface area contributed by atoms with E-state index in [1.54, 1.807) is 10.3 Å². The largest absolute Gasteiger partial charge is 0.325 e. The lowest BCUT2D eigenvalue weighted by Gasteiger charge is -2.33. The van der Waals surface area contributed by atoms with Crippen LogP contribution >= 0.6 is 11.3 Å². The van der Waals surface area contributed by atoms with Gasteiger partial charge in [0, 0.05) is 18.8 Å². The zero-order valence-electron chi connectivity index (χ0n) is 15.9. The molecule has 1 aromatic carbocycles. The van der Waals surface area contributed by atoms with Crippen molar-refractivity contribution in [3.05, 3.63) is 46.5 Å². The van der Waals surface area contributed by atoms with Crippen molar-refractivity contribution in [1.29, 1.82) is 0 Å². The summed E-state index contributed by atoms with van der Waals surface area (Å²) in [5, 5.41) is 5.32. The molecule has 1 N–H and O–H groups in total. The van der Waals surface area contributed by atoms with Gasteiger partial charge in [-0.05, 0) is 37.3 Å². The maximum absolute atomic E-state index is 13.3. The van der Waals surface area contributed by atoms with Crippen LogP contribution in [0.5, 0.6) is 0 Å². The van der Waals surface area contributed by atoms with Gasteiger partial charge in [0.25, 0.3) is 5.91 Å². The Morgan fingerprint density at radius 1 is 1.36 bits per heavy atom. The van der Waals surface area contributed by atoms with E-state index in [4.69, 9.17) is 0 Å². The second-order valence-corrected chi connectivity index (χ2v) is 7.96. The smallest absolute Gasteiger partial charge is 0.319 e. The molecule has 146 valence electrons. The van der Waals surface area contributed by atoms with Crippen molar-refractivity contribution < 1.29 is 14.4 Å². The number of hydrogen-bond donors (Lipinski definition) is 1. The molecule has 7 nitrogen and oxygen atoms in total. The lowest BCUT2D eigenvalue weighted by Crippen LogP contribution is -2.46. The van der Waals surface area contributed by atoms with Gasteiger partial charge in [-0.15, -0.1) is 11.3 Å². The van der Waals surface area contributed by atoms with Crippen molar-refractivity contribution in [2.24, 2.45) is 0 Å². The molecule has 1 saturated heterocycles. The molecule has 2 aliphatic rings. The predicted octanol–water partition coefficient (Wildman–Crippen LogP) is 2.80. The molecule has 1 aliphatic carbocycles. The van der Waals surface area contributed by atoms with Gasteiger partial charge < -0.3 is 5.32 Å². The first-order chi connectivity index (χ1) is 13.5. The van der Waals surface area contributed by atoms with Crippen molar-refractivity contribution in [2.45, 2.75) is 45.2 Å². The molecular weight excluding hydrogens is 376 g/mol. The van der Waals surface area contributed by atoms with Gasteiger partial charge in [-0.1, -0.05) is 24.3 Å². The summed E-state index contributed by atoms with van der Waals surface area (Å²) in [6.07, 6.45) is 2.36. The van der Waals surface area contributed by atoms with Crippen LogP contribution in [0, 0.1) is 0 Å². The first-order valence-electron chi connectivity index (χ1n) is 9.41. The zero-order chi connectivity index (χ0) is 19.9. The highest BCUT2D eigenvalue weighted by Gasteiger charge is 2.53. The van der Waals surface area contributed by atoms with Crippen LogP contribution in [0.3, 0.4) is 0 Å². The minimum absolute atomic E-state index is 0.0869. The van der Waals surface area contributed by atoms with Gasteiger partial charge in [0.05, 0.1) is 12.2 Å². The SMILES string of the molecule is CCN(C(C)=O)c1nc(CN2C(=O)NC3(CCCc4ccccc43)C2=O)cs1. The molecule has 8 heteroatoms. The van der Waals surface area contributed by atoms with E-state index in [1.165, 1.54) is 23.2 Å². The number of amides is 4.